The Kier molecular flexibility index (Phi) is 3.32. The molecular weight excluding hydrogens is 286 g/mol. The highest BCUT2D eigenvalue weighted by Gasteiger charge is 2.22. The lowest BCUT2D eigenvalue weighted by Crippen LogP contribution is -2.14. The maximum atomic E-state index is 12.5. The summed E-state index contributed by atoms with van der Waals surface area (Å²) in [6.07, 6.45) is 0. The number of anilines is 1. The Balaban J connectivity index is 1.92. The van der Waals surface area contributed by atoms with Crippen LogP contribution in [-0.2, 0) is 0 Å². The summed E-state index contributed by atoms with van der Waals surface area (Å²) >= 11 is 0. The van der Waals surface area contributed by atoms with Crippen LogP contribution in [0.2, 0.25) is 0 Å². The normalized spacial score (nSPS) is 11.3. The fraction of sp³-hybridized carbons (Fsp3) is 0.267. The van der Waals surface area contributed by atoms with Crippen molar-refractivity contribution in [2.45, 2.75) is 26.7 Å². The summed E-state index contributed by atoms with van der Waals surface area (Å²) in [5.74, 6) is -0.231. The molecule has 3 aromatic rings. The van der Waals surface area contributed by atoms with Gasteiger partial charge in [0.2, 0.25) is 0 Å². The number of fused-ring (bicyclic) bond motifs is 1. The number of amides is 1. The molecule has 7 nitrogen and oxygen atoms in total. The highest BCUT2D eigenvalue weighted by atomic mass is 16.5. The third kappa shape index (κ3) is 2.41. The largest absolute Gasteiger partial charge is 0.417 e. The second-order valence-electron chi connectivity index (χ2n) is 5.34. The van der Waals surface area contributed by atoms with Gasteiger partial charge < -0.3 is 14.3 Å². The first-order chi connectivity index (χ1) is 10.5. The number of aromatic nitrogens is 2. The van der Waals surface area contributed by atoms with Gasteiger partial charge in [0.25, 0.3) is 5.91 Å². The van der Waals surface area contributed by atoms with Gasteiger partial charge in [0.05, 0.1) is 11.2 Å². The van der Waals surface area contributed by atoms with Crippen LogP contribution < -0.4 is 11.1 Å². The highest BCUT2D eigenvalue weighted by Crippen LogP contribution is 2.24. The van der Waals surface area contributed by atoms with Crippen LogP contribution in [0, 0.1) is 6.92 Å². The van der Waals surface area contributed by atoms with Crippen LogP contribution in [0.3, 0.4) is 0 Å². The SMILES string of the molecule is Cc1noc(C(C)C)c1C(=O)Nc1ccc2oc(=O)[nH]c2c1. The van der Waals surface area contributed by atoms with Crippen molar-refractivity contribution in [2.75, 3.05) is 5.32 Å². The Morgan fingerprint density at radius 2 is 2.14 bits per heavy atom. The van der Waals surface area contributed by atoms with Crippen molar-refractivity contribution in [3.8, 4) is 0 Å². The lowest BCUT2D eigenvalue weighted by Gasteiger charge is -2.07. The van der Waals surface area contributed by atoms with Crippen molar-refractivity contribution >= 4 is 22.7 Å². The minimum absolute atomic E-state index is 0.0506. The smallest absolute Gasteiger partial charge is 0.408 e. The number of nitrogens with one attached hydrogen (secondary N) is 2. The number of nitrogens with zero attached hydrogens (tertiary/aromatic N) is 1. The Labute approximate surface area is 125 Å². The molecule has 0 bridgehead atoms. The molecule has 0 radical (unpaired) electrons. The molecule has 0 spiro atoms. The van der Waals surface area contributed by atoms with Gasteiger partial charge in [0.15, 0.2) is 11.3 Å². The second kappa shape index (κ2) is 5.18. The average Bonchev–Trinajstić information content (AvgIpc) is 3.00. The third-order valence-corrected chi connectivity index (χ3v) is 3.32. The van der Waals surface area contributed by atoms with Gasteiger partial charge in [0.1, 0.15) is 5.56 Å². The lowest BCUT2D eigenvalue weighted by atomic mass is 10.0. The Bertz CT molecular complexity index is 901. The maximum Gasteiger partial charge on any atom is 0.417 e. The van der Waals surface area contributed by atoms with Crippen molar-refractivity contribution in [3.05, 3.63) is 45.8 Å². The molecule has 2 aromatic heterocycles. The monoisotopic (exact) mass is 301 g/mol. The van der Waals surface area contributed by atoms with Crippen LogP contribution in [-0.4, -0.2) is 16.0 Å². The zero-order valence-electron chi connectivity index (χ0n) is 12.4. The van der Waals surface area contributed by atoms with Crippen molar-refractivity contribution in [1.29, 1.82) is 0 Å². The number of carbonyl (C=O) groups excluding carboxylic acids is 1. The minimum Gasteiger partial charge on any atom is -0.408 e. The Morgan fingerprint density at radius 1 is 1.36 bits per heavy atom. The number of hydrogen-bond donors (Lipinski definition) is 2. The molecule has 0 unspecified atom stereocenters. The Hall–Kier alpha value is -2.83. The van der Waals surface area contributed by atoms with Gasteiger partial charge in [-0.2, -0.15) is 0 Å². The fourth-order valence-electron chi connectivity index (χ4n) is 2.28. The summed E-state index contributed by atoms with van der Waals surface area (Å²) in [4.78, 5) is 26.1. The molecule has 2 heterocycles. The van der Waals surface area contributed by atoms with E-state index in [0.717, 1.165) is 0 Å². The van der Waals surface area contributed by atoms with E-state index < -0.39 is 5.76 Å². The molecule has 3 rings (SSSR count). The van der Waals surface area contributed by atoms with E-state index in [0.29, 0.717) is 33.8 Å². The third-order valence-electron chi connectivity index (χ3n) is 3.32. The number of carbonyl (C=O) groups is 1. The standard InChI is InChI=1S/C15H15N3O4/c1-7(2)13-12(8(3)18-22-13)14(19)16-9-4-5-11-10(6-9)17-15(20)21-11/h4-7H,1-3H3,(H,16,19)(H,17,20). The first-order valence-electron chi connectivity index (χ1n) is 6.86. The van der Waals surface area contributed by atoms with E-state index in [1.165, 1.54) is 0 Å². The second-order valence-corrected chi connectivity index (χ2v) is 5.34. The Morgan fingerprint density at radius 3 is 2.86 bits per heavy atom. The van der Waals surface area contributed by atoms with E-state index >= 15 is 0 Å². The van der Waals surface area contributed by atoms with Gasteiger partial charge in [-0.1, -0.05) is 19.0 Å². The van der Waals surface area contributed by atoms with E-state index in [2.05, 4.69) is 15.5 Å². The number of aromatic amines is 1. The molecule has 0 saturated heterocycles. The summed E-state index contributed by atoms with van der Waals surface area (Å²) in [6, 6.07) is 4.91. The van der Waals surface area contributed by atoms with Gasteiger partial charge in [-0.05, 0) is 25.1 Å². The summed E-state index contributed by atoms with van der Waals surface area (Å²) in [7, 11) is 0. The van der Waals surface area contributed by atoms with Crippen molar-refractivity contribution in [2.24, 2.45) is 0 Å². The van der Waals surface area contributed by atoms with Gasteiger partial charge in [-0.15, -0.1) is 0 Å². The number of rotatable bonds is 3. The molecule has 0 aliphatic rings. The topological polar surface area (TPSA) is 101 Å². The molecule has 2 N–H and O–H groups in total. The molecule has 0 fully saturated rings. The molecule has 0 aliphatic heterocycles. The first kappa shape index (κ1) is 14.1. The molecule has 114 valence electrons. The predicted octanol–water partition coefficient (Wildman–Crippen LogP) is 2.79. The van der Waals surface area contributed by atoms with E-state index in [4.69, 9.17) is 8.94 Å². The molecule has 7 heteroatoms. The summed E-state index contributed by atoms with van der Waals surface area (Å²) in [5, 5.41) is 6.63. The molecule has 22 heavy (non-hydrogen) atoms. The fourth-order valence-corrected chi connectivity index (χ4v) is 2.28. The summed E-state index contributed by atoms with van der Waals surface area (Å²) in [6.45, 7) is 5.58. The van der Waals surface area contributed by atoms with Crippen LogP contribution >= 0.6 is 0 Å². The highest BCUT2D eigenvalue weighted by molar-refractivity contribution is 6.06. The van der Waals surface area contributed by atoms with Crippen LogP contribution in [0.4, 0.5) is 5.69 Å². The minimum atomic E-state index is -0.532. The van der Waals surface area contributed by atoms with Gasteiger partial charge in [-0.25, -0.2) is 4.79 Å². The van der Waals surface area contributed by atoms with E-state index in [9.17, 15) is 9.59 Å². The van der Waals surface area contributed by atoms with E-state index in [1.807, 2.05) is 13.8 Å². The van der Waals surface area contributed by atoms with Gasteiger partial charge in [0, 0.05) is 11.6 Å². The quantitative estimate of drug-likeness (QED) is 0.774. The molecule has 0 saturated carbocycles. The molecular formula is C15H15N3O4. The summed E-state index contributed by atoms with van der Waals surface area (Å²) in [5.41, 5.74) is 2.49. The van der Waals surface area contributed by atoms with E-state index in [1.54, 1.807) is 25.1 Å². The van der Waals surface area contributed by atoms with Crippen LogP contribution in [0.15, 0.2) is 31.9 Å². The van der Waals surface area contributed by atoms with Crippen molar-refractivity contribution in [1.82, 2.24) is 10.1 Å². The zero-order valence-corrected chi connectivity index (χ0v) is 12.4. The molecule has 1 aromatic carbocycles. The number of benzene rings is 1. The van der Waals surface area contributed by atoms with Gasteiger partial charge >= 0.3 is 5.76 Å². The van der Waals surface area contributed by atoms with Crippen LogP contribution in [0.1, 0.15) is 41.6 Å². The number of H-pyrrole nitrogens is 1. The maximum absolute atomic E-state index is 12.5. The molecule has 1 amide bonds. The van der Waals surface area contributed by atoms with Crippen molar-refractivity contribution < 1.29 is 13.7 Å². The number of oxazole rings is 1. The van der Waals surface area contributed by atoms with Gasteiger partial charge in [-0.3, -0.25) is 9.78 Å². The molecule has 0 aliphatic carbocycles. The number of hydrogen-bond acceptors (Lipinski definition) is 5. The van der Waals surface area contributed by atoms with Crippen molar-refractivity contribution in [3.63, 3.8) is 0 Å². The zero-order chi connectivity index (χ0) is 15.9. The lowest BCUT2D eigenvalue weighted by molar-refractivity contribution is 0.102. The number of aryl methyl sites for hydroxylation is 1. The van der Waals surface area contributed by atoms with Crippen LogP contribution in [0.25, 0.3) is 11.1 Å². The summed E-state index contributed by atoms with van der Waals surface area (Å²) < 4.78 is 10.1. The first-order valence-corrected chi connectivity index (χ1v) is 6.86. The average molecular weight is 301 g/mol. The molecule has 0 atom stereocenters. The van der Waals surface area contributed by atoms with Crippen LogP contribution in [0.5, 0.6) is 0 Å². The predicted molar refractivity (Wildman–Crippen MR) is 80.1 cm³/mol. The van der Waals surface area contributed by atoms with E-state index in [-0.39, 0.29) is 11.8 Å².